The lowest BCUT2D eigenvalue weighted by Gasteiger charge is -2.24. The lowest BCUT2D eigenvalue weighted by Crippen LogP contribution is -2.29. The number of pyridine rings is 1. The standard InChI is InChI=1S/C18H16ClN3O/c19-16-6-4-15(5-7-16)8-9-18(23,13-22-12-11-20-14-22)17-3-1-2-10-21-17/h1-12,14,23H,13H2/b9-8+/t18-/m0/s1. The third-order valence-electron chi connectivity index (χ3n) is 3.51. The highest BCUT2D eigenvalue weighted by Gasteiger charge is 2.28. The number of hydrogen-bond acceptors (Lipinski definition) is 3. The molecule has 3 aromatic rings. The van der Waals surface area contributed by atoms with Crippen LogP contribution in [-0.2, 0) is 12.1 Å². The third-order valence-corrected chi connectivity index (χ3v) is 3.76. The van der Waals surface area contributed by atoms with E-state index in [-0.39, 0.29) is 0 Å². The maximum Gasteiger partial charge on any atom is 0.143 e. The average molecular weight is 326 g/mol. The molecule has 0 spiro atoms. The van der Waals surface area contributed by atoms with Gasteiger partial charge in [0.1, 0.15) is 5.60 Å². The second kappa shape index (κ2) is 6.77. The number of halogens is 1. The molecule has 1 aromatic carbocycles. The highest BCUT2D eigenvalue weighted by atomic mass is 35.5. The molecular weight excluding hydrogens is 310 g/mol. The molecule has 1 N–H and O–H groups in total. The van der Waals surface area contributed by atoms with Crippen molar-refractivity contribution < 1.29 is 5.11 Å². The second-order valence-electron chi connectivity index (χ2n) is 5.26. The smallest absolute Gasteiger partial charge is 0.143 e. The average Bonchev–Trinajstić information content (AvgIpc) is 3.08. The first-order valence-electron chi connectivity index (χ1n) is 7.20. The van der Waals surface area contributed by atoms with Gasteiger partial charge in [0.25, 0.3) is 0 Å². The molecule has 0 fully saturated rings. The van der Waals surface area contributed by atoms with E-state index in [1.54, 1.807) is 24.8 Å². The Morgan fingerprint density at radius 2 is 1.96 bits per heavy atom. The Morgan fingerprint density at radius 1 is 1.13 bits per heavy atom. The van der Waals surface area contributed by atoms with E-state index in [1.165, 1.54) is 0 Å². The molecule has 0 aliphatic rings. The Labute approximate surface area is 139 Å². The summed E-state index contributed by atoms with van der Waals surface area (Å²) in [5.74, 6) is 0. The van der Waals surface area contributed by atoms with E-state index in [1.807, 2.05) is 59.3 Å². The van der Waals surface area contributed by atoms with E-state index < -0.39 is 5.60 Å². The second-order valence-corrected chi connectivity index (χ2v) is 5.70. The molecule has 116 valence electrons. The molecule has 0 bridgehead atoms. The van der Waals surface area contributed by atoms with Gasteiger partial charge in [0.05, 0.1) is 18.6 Å². The molecule has 0 radical (unpaired) electrons. The predicted octanol–water partition coefficient (Wildman–Crippen LogP) is 3.53. The first-order chi connectivity index (χ1) is 11.2. The Hall–Kier alpha value is -2.43. The van der Waals surface area contributed by atoms with Crippen LogP contribution in [0.1, 0.15) is 11.3 Å². The summed E-state index contributed by atoms with van der Waals surface area (Å²) in [6, 6.07) is 12.9. The van der Waals surface area contributed by atoms with Gasteiger partial charge < -0.3 is 9.67 Å². The summed E-state index contributed by atoms with van der Waals surface area (Å²) in [6.07, 6.45) is 10.4. The Kier molecular flexibility index (Phi) is 4.55. The molecule has 5 heteroatoms. The summed E-state index contributed by atoms with van der Waals surface area (Å²) >= 11 is 5.90. The van der Waals surface area contributed by atoms with Crippen LogP contribution in [0.3, 0.4) is 0 Å². The molecule has 4 nitrogen and oxygen atoms in total. The molecule has 0 saturated carbocycles. The van der Waals surface area contributed by atoms with Crippen LogP contribution in [0.15, 0.2) is 73.5 Å². The van der Waals surface area contributed by atoms with Gasteiger partial charge in [-0.15, -0.1) is 0 Å². The van der Waals surface area contributed by atoms with Gasteiger partial charge in [0, 0.05) is 23.6 Å². The van der Waals surface area contributed by atoms with Crippen LogP contribution in [-0.4, -0.2) is 19.6 Å². The lowest BCUT2D eigenvalue weighted by atomic mass is 9.97. The van der Waals surface area contributed by atoms with Gasteiger partial charge in [-0.05, 0) is 35.9 Å². The number of imidazole rings is 1. The Morgan fingerprint density at radius 3 is 2.61 bits per heavy atom. The topological polar surface area (TPSA) is 50.9 Å². The zero-order valence-electron chi connectivity index (χ0n) is 12.4. The number of aromatic nitrogens is 3. The van der Waals surface area contributed by atoms with Crippen LogP contribution in [0.5, 0.6) is 0 Å². The summed E-state index contributed by atoms with van der Waals surface area (Å²) in [5, 5.41) is 11.8. The van der Waals surface area contributed by atoms with Crippen molar-refractivity contribution >= 4 is 17.7 Å². The molecule has 1 atom stereocenters. The van der Waals surface area contributed by atoms with Crippen molar-refractivity contribution in [3.63, 3.8) is 0 Å². The van der Waals surface area contributed by atoms with Gasteiger partial charge in [-0.2, -0.15) is 0 Å². The maximum absolute atomic E-state index is 11.1. The van der Waals surface area contributed by atoms with Gasteiger partial charge >= 0.3 is 0 Å². The molecule has 0 saturated heterocycles. The van der Waals surface area contributed by atoms with E-state index in [9.17, 15) is 5.11 Å². The minimum Gasteiger partial charge on any atom is -0.377 e. The fraction of sp³-hybridized carbons (Fsp3) is 0.111. The van der Waals surface area contributed by atoms with Crippen LogP contribution in [0, 0.1) is 0 Å². The van der Waals surface area contributed by atoms with Crippen LogP contribution >= 0.6 is 11.6 Å². The van der Waals surface area contributed by atoms with Crippen LogP contribution < -0.4 is 0 Å². The fourth-order valence-corrected chi connectivity index (χ4v) is 2.43. The molecule has 0 aliphatic heterocycles. The summed E-state index contributed by atoms with van der Waals surface area (Å²) in [7, 11) is 0. The molecule has 0 amide bonds. The molecule has 2 aromatic heterocycles. The first-order valence-corrected chi connectivity index (χ1v) is 7.58. The van der Waals surface area contributed by atoms with Crippen molar-refractivity contribution in [1.29, 1.82) is 0 Å². The highest BCUT2D eigenvalue weighted by molar-refractivity contribution is 6.30. The van der Waals surface area contributed by atoms with Crippen molar-refractivity contribution in [1.82, 2.24) is 14.5 Å². The minimum absolute atomic E-state index is 0.327. The molecule has 0 aliphatic carbocycles. The van der Waals surface area contributed by atoms with Crippen LogP contribution in [0.25, 0.3) is 6.08 Å². The third kappa shape index (κ3) is 3.86. The zero-order chi connectivity index (χ0) is 16.1. The quantitative estimate of drug-likeness (QED) is 0.780. The van der Waals surface area contributed by atoms with Gasteiger partial charge in [0.15, 0.2) is 0 Å². The van der Waals surface area contributed by atoms with E-state index in [0.29, 0.717) is 17.3 Å². The molecule has 23 heavy (non-hydrogen) atoms. The summed E-state index contributed by atoms with van der Waals surface area (Å²) in [5.41, 5.74) is 0.301. The number of rotatable bonds is 5. The van der Waals surface area contributed by atoms with Gasteiger partial charge in [0.2, 0.25) is 0 Å². The van der Waals surface area contributed by atoms with E-state index in [0.717, 1.165) is 5.56 Å². The van der Waals surface area contributed by atoms with E-state index in [2.05, 4.69) is 9.97 Å². The van der Waals surface area contributed by atoms with Crippen molar-refractivity contribution in [3.8, 4) is 0 Å². The SMILES string of the molecule is O[C@@](/C=C/c1ccc(Cl)cc1)(Cn1ccnc1)c1ccccn1. The molecular formula is C18H16ClN3O. The first kappa shape index (κ1) is 15.5. The normalized spacial score (nSPS) is 14.0. The van der Waals surface area contributed by atoms with Gasteiger partial charge in [-0.25, -0.2) is 4.98 Å². The molecule has 0 unspecified atom stereocenters. The number of benzene rings is 1. The minimum atomic E-state index is -1.23. The van der Waals surface area contributed by atoms with Gasteiger partial charge in [-0.1, -0.05) is 35.9 Å². The monoisotopic (exact) mass is 325 g/mol. The summed E-state index contributed by atoms with van der Waals surface area (Å²) in [4.78, 5) is 8.32. The lowest BCUT2D eigenvalue weighted by molar-refractivity contribution is 0.0659. The van der Waals surface area contributed by atoms with Gasteiger partial charge in [-0.3, -0.25) is 4.98 Å². The highest BCUT2D eigenvalue weighted by Crippen LogP contribution is 2.24. The van der Waals surface area contributed by atoms with Crippen LogP contribution in [0.4, 0.5) is 0 Å². The zero-order valence-corrected chi connectivity index (χ0v) is 13.1. The van der Waals surface area contributed by atoms with Crippen molar-refractivity contribution in [2.45, 2.75) is 12.1 Å². The number of hydrogen-bond donors (Lipinski definition) is 1. The Balaban J connectivity index is 1.93. The Bertz CT molecular complexity index is 770. The summed E-state index contributed by atoms with van der Waals surface area (Å²) < 4.78 is 1.82. The number of nitrogens with zero attached hydrogens (tertiary/aromatic N) is 3. The van der Waals surface area contributed by atoms with Crippen LogP contribution in [0.2, 0.25) is 5.02 Å². The largest absolute Gasteiger partial charge is 0.377 e. The molecule has 3 rings (SSSR count). The van der Waals surface area contributed by atoms with Crippen molar-refractivity contribution in [2.24, 2.45) is 0 Å². The molecule has 2 heterocycles. The predicted molar refractivity (Wildman–Crippen MR) is 90.8 cm³/mol. The van der Waals surface area contributed by atoms with E-state index >= 15 is 0 Å². The summed E-state index contributed by atoms with van der Waals surface area (Å²) in [6.45, 7) is 0.327. The maximum atomic E-state index is 11.1. The van der Waals surface area contributed by atoms with Crippen molar-refractivity contribution in [3.05, 3.63) is 89.7 Å². The van der Waals surface area contributed by atoms with Crippen molar-refractivity contribution in [2.75, 3.05) is 0 Å². The van der Waals surface area contributed by atoms with E-state index in [4.69, 9.17) is 11.6 Å². The number of aliphatic hydroxyl groups is 1. The fourth-order valence-electron chi connectivity index (χ4n) is 2.30.